The van der Waals surface area contributed by atoms with E-state index in [4.69, 9.17) is 4.74 Å². The standard InChI is InChI=1S/C27H39NO6S2/c1-4-6-8-10-17-28(18-11-9-7-5-2)36(32,33)24-15-16-26(25(20-24)27(29)30)35(31)21-22-13-12-14-23(19-22)34-3/h12-16,19-20H,4-11,17-18,21H2,1-3H3,(H,29,30). The number of methoxy groups -OCH3 is 1. The first-order valence-electron chi connectivity index (χ1n) is 12.6. The summed E-state index contributed by atoms with van der Waals surface area (Å²) in [7, 11) is -2.35. The van der Waals surface area contributed by atoms with Gasteiger partial charge in [-0.1, -0.05) is 64.5 Å². The van der Waals surface area contributed by atoms with Gasteiger partial charge in [0, 0.05) is 18.7 Å². The van der Waals surface area contributed by atoms with Crippen LogP contribution in [0.2, 0.25) is 0 Å². The van der Waals surface area contributed by atoms with E-state index in [0.29, 0.717) is 18.8 Å². The molecule has 1 atom stereocenters. The van der Waals surface area contributed by atoms with Crippen molar-refractivity contribution < 1.29 is 27.6 Å². The highest BCUT2D eigenvalue weighted by molar-refractivity contribution is 7.90. The number of hydrogen-bond acceptors (Lipinski definition) is 5. The van der Waals surface area contributed by atoms with Gasteiger partial charge in [-0.3, -0.25) is 0 Å². The Balaban J connectivity index is 2.31. The molecule has 9 heteroatoms. The Morgan fingerprint density at radius 2 is 1.61 bits per heavy atom. The van der Waals surface area contributed by atoms with Gasteiger partial charge in [-0.15, -0.1) is 0 Å². The summed E-state index contributed by atoms with van der Waals surface area (Å²) in [6, 6.07) is 11.0. The molecule has 0 spiro atoms. The van der Waals surface area contributed by atoms with Gasteiger partial charge in [0.05, 0.1) is 12.0 Å². The van der Waals surface area contributed by atoms with Gasteiger partial charge in [0.1, 0.15) is 17.1 Å². The molecule has 2 aromatic carbocycles. The molecular formula is C27H39NO6S2. The molecule has 1 unspecified atom stereocenters. The van der Waals surface area contributed by atoms with E-state index in [0.717, 1.165) is 63.0 Å². The number of nitrogens with zero attached hydrogens (tertiary/aromatic N) is 1. The van der Waals surface area contributed by atoms with Crippen LogP contribution in [0.1, 0.15) is 81.1 Å². The van der Waals surface area contributed by atoms with Crippen molar-refractivity contribution in [1.82, 2.24) is 4.31 Å². The van der Waals surface area contributed by atoms with E-state index in [2.05, 4.69) is 13.8 Å². The molecule has 0 bridgehead atoms. The Labute approximate surface area is 219 Å². The molecule has 7 nitrogen and oxygen atoms in total. The third kappa shape index (κ3) is 8.80. The molecule has 1 N–H and O–H groups in total. The summed E-state index contributed by atoms with van der Waals surface area (Å²) >= 11 is -1.68. The minimum atomic E-state index is -3.89. The number of aromatic carboxylic acids is 1. The summed E-state index contributed by atoms with van der Waals surface area (Å²) < 4.78 is 46.8. The van der Waals surface area contributed by atoms with Crippen molar-refractivity contribution in [3.63, 3.8) is 0 Å². The Kier molecular flexibility index (Phi) is 12.8. The molecule has 2 rings (SSSR count). The number of sulfonamides is 1. The van der Waals surface area contributed by atoms with Crippen LogP contribution in [0.5, 0.6) is 5.75 Å². The maximum Gasteiger partial charge on any atom is 0.340 e. The normalized spacial score (nSPS) is 12.6. The zero-order valence-electron chi connectivity index (χ0n) is 21.6. The van der Waals surface area contributed by atoms with Gasteiger partial charge in [0.2, 0.25) is 10.0 Å². The SMILES string of the molecule is CCCCCCN(CCCCCC)S(=O)(=O)c1ccc([S+]([O-])Cc2cccc(OC)c2)c(C(=O)O)c1. The van der Waals surface area contributed by atoms with E-state index in [-0.39, 0.29) is 21.1 Å². The van der Waals surface area contributed by atoms with Crippen LogP contribution in [0.3, 0.4) is 0 Å². The van der Waals surface area contributed by atoms with E-state index >= 15 is 0 Å². The minimum absolute atomic E-state index is 0.0759. The second-order valence-corrected chi connectivity index (χ2v) is 12.2. The number of rotatable bonds is 17. The Bertz CT molecular complexity index is 1060. The lowest BCUT2D eigenvalue weighted by Crippen LogP contribution is -2.33. The van der Waals surface area contributed by atoms with E-state index in [1.54, 1.807) is 24.3 Å². The van der Waals surface area contributed by atoms with Crippen molar-refractivity contribution in [2.45, 2.75) is 80.8 Å². The molecule has 0 aliphatic heterocycles. The number of ether oxygens (including phenoxy) is 1. The van der Waals surface area contributed by atoms with Crippen molar-refractivity contribution in [2.24, 2.45) is 0 Å². The number of carboxylic acids is 1. The minimum Gasteiger partial charge on any atom is -0.611 e. The third-order valence-electron chi connectivity index (χ3n) is 6.02. The second-order valence-electron chi connectivity index (χ2n) is 8.83. The summed E-state index contributed by atoms with van der Waals surface area (Å²) in [5.74, 6) is -0.606. The van der Waals surface area contributed by atoms with Crippen LogP contribution in [0.4, 0.5) is 0 Å². The van der Waals surface area contributed by atoms with Crippen molar-refractivity contribution in [2.75, 3.05) is 20.2 Å². The lowest BCUT2D eigenvalue weighted by atomic mass is 10.2. The molecule has 0 radical (unpaired) electrons. The summed E-state index contributed by atoms with van der Waals surface area (Å²) in [5.41, 5.74) is 0.472. The fraction of sp³-hybridized carbons (Fsp3) is 0.519. The van der Waals surface area contributed by atoms with E-state index in [1.807, 2.05) is 0 Å². The molecule has 0 aliphatic carbocycles. The first kappa shape index (κ1) is 30.2. The highest BCUT2D eigenvalue weighted by Crippen LogP contribution is 2.27. The van der Waals surface area contributed by atoms with Crippen LogP contribution >= 0.6 is 0 Å². The molecule has 0 heterocycles. The van der Waals surface area contributed by atoms with Crippen molar-refractivity contribution in [1.29, 1.82) is 0 Å². The highest BCUT2D eigenvalue weighted by atomic mass is 32.2. The summed E-state index contributed by atoms with van der Waals surface area (Å²) in [6.45, 7) is 5.01. The van der Waals surface area contributed by atoms with E-state index in [9.17, 15) is 22.9 Å². The van der Waals surface area contributed by atoms with Gasteiger partial charge in [-0.2, -0.15) is 4.31 Å². The molecule has 0 fully saturated rings. The molecular weight excluding hydrogens is 498 g/mol. The fourth-order valence-corrected chi connectivity index (χ4v) is 6.75. The predicted octanol–water partition coefficient (Wildman–Crippen LogP) is 5.85. The van der Waals surface area contributed by atoms with Crippen LogP contribution in [-0.4, -0.2) is 48.6 Å². The predicted molar refractivity (Wildman–Crippen MR) is 144 cm³/mol. The molecule has 0 amide bonds. The molecule has 0 saturated heterocycles. The van der Waals surface area contributed by atoms with Crippen molar-refractivity contribution in [3.05, 3.63) is 53.6 Å². The van der Waals surface area contributed by atoms with Crippen LogP contribution in [0.25, 0.3) is 0 Å². The van der Waals surface area contributed by atoms with Crippen LogP contribution in [0.15, 0.2) is 52.3 Å². The van der Waals surface area contributed by atoms with Crippen LogP contribution < -0.4 is 4.74 Å². The van der Waals surface area contributed by atoms with E-state index < -0.39 is 27.2 Å². The Morgan fingerprint density at radius 1 is 0.972 bits per heavy atom. The van der Waals surface area contributed by atoms with Gasteiger partial charge < -0.3 is 14.4 Å². The number of benzene rings is 2. The molecule has 200 valence electrons. The average molecular weight is 538 g/mol. The fourth-order valence-electron chi connectivity index (χ4n) is 3.96. The molecule has 36 heavy (non-hydrogen) atoms. The third-order valence-corrected chi connectivity index (χ3v) is 9.36. The lowest BCUT2D eigenvalue weighted by Gasteiger charge is -2.23. The zero-order valence-corrected chi connectivity index (χ0v) is 23.2. The van der Waals surface area contributed by atoms with Crippen LogP contribution in [0, 0.1) is 0 Å². The van der Waals surface area contributed by atoms with Gasteiger partial charge in [-0.05, 0) is 54.3 Å². The molecule has 0 aromatic heterocycles. The maximum absolute atomic E-state index is 13.5. The van der Waals surface area contributed by atoms with Gasteiger partial charge in [-0.25, -0.2) is 13.2 Å². The summed E-state index contributed by atoms with van der Waals surface area (Å²) in [6.07, 6.45) is 7.60. The number of hydrogen-bond donors (Lipinski definition) is 1. The quantitative estimate of drug-likeness (QED) is 0.200. The monoisotopic (exact) mass is 537 g/mol. The Hall–Kier alpha value is -2.07. The lowest BCUT2D eigenvalue weighted by molar-refractivity contribution is 0.0692. The summed E-state index contributed by atoms with van der Waals surface area (Å²) in [4.78, 5) is 12.1. The number of unbranched alkanes of at least 4 members (excludes halogenated alkanes) is 6. The highest BCUT2D eigenvalue weighted by Gasteiger charge is 2.29. The largest absolute Gasteiger partial charge is 0.611 e. The van der Waals surface area contributed by atoms with E-state index in [1.165, 1.54) is 23.5 Å². The molecule has 0 saturated carbocycles. The zero-order chi connectivity index (χ0) is 26.6. The Morgan fingerprint density at radius 3 is 2.17 bits per heavy atom. The first-order chi connectivity index (χ1) is 17.2. The average Bonchev–Trinajstić information content (AvgIpc) is 2.87. The maximum atomic E-state index is 13.5. The smallest absolute Gasteiger partial charge is 0.340 e. The van der Waals surface area contributed by atoms with Crippen molar-refractivity contribution >= 4 is 27.2 Å². The first-order valence-corrected chi connectivity index (χ1v) is 15.4. The second kappa shape index (κ2) is 15.2. The van der Waals surface area contributed by atoms with Gasteiger partial charge in [0.25, 0.3) is 0 Å². The number of carbonyl (C=O) groups is 1. The van der Waals surface area contributed by atoms with Gasteiger partial charge >= 0.3 is 5.97 Å². The van der Waals surface area contributed by atoms with Crippen LogP contribution in [-0.2, 0) is 27.0 Å². The number of carboxylic acid groups (broad SMARTS) is 1. The summed E-state index contributed by atoms with van der Waals surface area (Å²) in [5, 5.41) is 9.83. The molecule has 2 aromatic rings. The molecule has 0 aliphatic rings. The van der Waals surface area contributed by atoms with Gasteiger partial charge in [0.15, 0.2) is 4.90 Å². The van der Waals surface area contributed by atoms with Crippen molar-refractivity contribution in [3.8, 4) is 5.75 Å². The topological polar surface area (TPSA) is 107 Å².